The van der Waals surface area contributed by atoms with Crippen LogP contribution >= 0.6 is 11.3 Å². The number of aromatic nitrogens is 1. The molecule has 1 aromatic heterocycles. The van der Waals surface area contributed by atoms with Gasteiger partial charge in [0, 0.05) is 49.8 Å². The number of hydrogen-bond donors (Lipinski definition) is 1. The molecule has 0 bridgehead atoms. The van der Waals surface area contributed by atoms with Crippen molar-refractivity contribution >= 4 is 16.5 Å². The normalized spacial score (nSPS) is 20.5. The first kappa shape index (κ1) is 17.9. The summed E-state index contributed by atoms with van der Waals surface area (Å²) in [4.78, 5) is 12.8. The van der Waals surface area contributed by atoms with Crippen LogP contribution in [-0.2, 0) is 11.4 Å². The molecule has 0 saturated carbocycles. The molecule has 0 radical (unpaired) electrons. The van der Waals surface area contributed by atoms with Crippen LogP contribution < -0.4 is 10.2 Å². The Labute approximate surface area is 159 Å². The standard InChI is InChI=1S/C20H28N4OS/c1-2-4-17(5-3-1)16-25-24-13-8-19(9-14-24)22-18-6-11-23(12-7-18)20-21-10-15-26-20/h1-5,10,15,18-19,22H,6-9,11-14,16H2. The van der Waals surface area contributed by atoms with Crippen LogP contribution in [0.25, 0.3) is 0 Å². The minimum absolute atomic E-state index is 0.628. The van der Waals surface area contributed by atoms with Crippen LogP contribution in [0.5, 0.6) is 0 Å². The van der Waals surface area contributed by atoms with E-state index in [2.05, 4.69) is 49.9 Å². The molecule has 140 valence electrons. The molecule has 0 unspecified atom stereocenters. The lowest BCUT2D eigenvalue weighted by molar-refractivity contribution is -0.181. The van der Waals surface area contributed by atoms with E-state index in [-0.39, 0.29) is 0 Å². The molecule has 0 aliphatic carbocycles. The average molecular weight is 373 g/mol. The quantitative estimate of drug-likeness (QED) is 0.843. The van der Waals surface area contributed by atoms with Crippen molar-refractivity contribution in [1.82, 2.24) is 15.4 Å². The van der Waals surface area contributed by atoms with Crippen molar-refractivity contribution in [3.8, 4) is 0 Å². The lowest BCUT2D eigenvalue weighted by atomic mass is 10.0. The second-order valence-corrected chi connectivity index (χ2v) is 8.08. The summed E-state index contributed by atoms with van der Waals surface area (Å²) in [5, 5.41) is 9.26. The Hall–Kier alpha value is -1.47. The van der Waals surface area contributed by atoms with E-state index in [1.54, 1.807) is 11.3 Å². The molecule has 3 heterocycles. The number of thiazole rings is 1. The minimum Gasteiger partial charge on any atom is -0.348 e. The Morgan fingerprint density at radius 2 is 1.69 bits per heavy atom. The van der Waals surface area contributed by atoms with Gasteiger partial charge in [0.25, 0.3) is 0 Å². The van der Waals surface area contributed by atoms with Gasteiger partial charge < -0.3 is 10.2 Å². The van der Waals surface area contributed by atoms with Gasteiger partial charge in [0.1, 0.15) is 0 Å². The van der Waals surface area contributed by atoms with Crippen molar-refractivity contribution in [3.63, 3.8) is 0 Å². The number of rotatable bonds is 6. The van der Waals surface area contributed by atoms with Gasteiger partial charge >= 0.3 is 0 Å². The molecule has 1 aromatic carbocycles. The average Bonchev–Trinajstić information content (AvgIpc) is 3.24. The summed E-state index contributed by atoms with van der Waals surface area (Å²) in [5.41, 5.74) is 1.24. The molecule has 2 aromatic rings. The molecule has 2 saturated heterocycles. The number of nitrogens with one attached hydrogen (secondary N) is 1. The van der Waals surface area contributed by atoms with Crippen molar-refractivity contribution in [3.05, 3.63) is 47.5 Å². The molecule has 1 N–H and O–H groups in total. The summed E-state index contributed by atoms with van der Waals surface area (Å²) >= 11 is 1.74. The van der Waals surface area contributed by atoms with E-state index in [9.17, 15) is 0 Å². The molecule has 2 aliphatic rings. The summed E-state index contributed by atoms with van der Waals surface area (Å²) in [5.74, 6) is 0. The second-order valence-electron chi connectivity index (χ2n) is 7.20. The maximum Gasteiger partial charge on any atom is 0.185 e. The number of piperidine rings is 2. The van der Waals surface area contributed by atoms with Gasteiger partial charge in [0.2, 0.25) is 0 Å². The van der Waals surface area contributed by atoms with E-state index in [1.807, 2.05) is 12.3 Å². The predicted molar refractivity (Wildman–Crippen MR) is 106 cm³/mol. The van der Waals surface area contributed by atoms with Crippen LogP contribution in [-0.4, -0.2) is 48.3 Å². The maximum absolute atomic E-state index is 5.96. The van der Waals surface area contributed by atoms with E-state index in [4.69, 9.17) is 4.84 Å². The van der Waals surface area contributed by atoms with Crippen molar-refractivity contribution in [2.24, 2.45) is 0 Å². The molecule has 2 aliphatic heterocycles. The van der Waals surface area contributed by atoms with Gasteiger partial charge in [-0.3, -0.25) is 4.84 Å². The number of hydrogen-bond acceptors (Lipinski definition) is 6. The number of benzene rings is 1. The van der Waals surface area contributed by atoms with Crippen LogP contribution in [0.3, 0.4) is 0 Å². The highest BCUT2D eigenvalue weighted by Gasteiger charge is 2.25. The molecule has 26 heavy (non-hydrogen) atoms. The van der Waals surface area contributed by atoms with Crippen molar-refractivity contribution in [2.45, 2.75) is 44.4 Å². The highest BCUT2D eigenvalue weighted by molar-refractivity contribution is 7.13. The second kappa shape index (κ2) is 8.95. The summed E-state index contributed by atoms with van der Waals surface area (Å²) < 4.78 is 0. The lowest BCUT2D eigenvalue weighted by Crippen LogP contribution is -2.49. The van der Waals surface area contributed by atoms with Crippen LogP contribution in [0, 0.1) is 0 Å². The SMILES string of the molecule is c1ccc(CON2CCC(NC3CCN(c4nccs4)CC3)CC2)cc1. The van der Waals surface area contributed by atoms with Crippen LogP contribution in [0.15, 0.2) is 41.9 Å². The predicted octanol–water partition coefficient (Wildman–Crippen LogP) is 3.30. The van der Waals surface area contributed by atoms with Crippen LogP contribution in [0.1, 0.15) is 31.2 Å². The fourth-order valence-electron chi connectivity index (χ4n) is 3.83. The van der Waals surface area contributed by atoms with Crippen LogP contribution in [0.4, 0.5) is 5.13 Å². The monoisotopic (exact) mass is 372 g/mol. The van der Waals surface area contributed by atoms with Gasteiger partial charge in [-0.2, -0.15) is 5.06 Å². The third kappa shape index (κ3) is 4.82. The fourth-order valence-corrected chi connectivity index (χ4v) is 4.53. The maximum atomic E-state index is 5.96. The Balaban J connectivity index is 1.14. The molecule has 2 fully saturated rings. The third-order valence-corrected chi connectivity index (χ3v) is 6.20. The molecule has 6 heteroatoms. The van der Waals surface area contributed by atoms with E-state index in [1.165, 1.54) is 36.4 Å². The van der Waals surface area contributed by atoms with Gasteiger partial charge in [0.05, 0.1) is 6.61 Å². The first-order valence-corrected chi connectivity index (χ1v) is 10.6. The van der Waals surface area contributed by atoms with E-state index in [0.29, 0.717) is 18.7 Å². The highest BCUT2D eigenvalue weighted by atomic mass is 32.1. The summed E-state index contributed by atoms with van der Waals surface area (Å²) in [6, 6.07) is 11.7. The number of anilines is 1. The molecule has 0 spiro atoms. The van der Waals surface area contributed by atoms with E-state index < -0.39 is 0 Å². The van der Waals surface area contributed by atoms with Crippen molar-refractivity contribution < 1.29 is 4.84 Å². The topological polar surface area (TPSA) is 40.6 Å². The van der Waals surface area contributed by atoms with Crippen molar-refractivity contribution in [1.29, 1.82) is 0 Å². The molecule has 0 amide bonds. The summed E-state index contributed by atoms with van der Waals surface area (Å²) in [7, 11) is 0. The van der Waals surface area contributed by atoms with Crippen molar-refractivity contribution in [2.75, 3.05) is 31.1 Å². The Morgan fingerprint density at radius 1 is 1.00 bits per heavy atom. The lowest BCUT2D eigenvalue weighted by Gasteiger charge is -2.37. The van der Waals surface area contributed by atoms with E-state index >= 15 is 0 Å². The number of nitrogens with zero attached hydrogens (tertiary/aromatic N) is 3. The first-order valence-electron chi connectivity index (χ1n) is 9.69. The molecule has 0 atom stereocenters. The smallest absolute Gasteiger partial charge is 0.185 e. The minimum atomic E-state index is 0.628. The fraction of sp³-hybridized carbons (Fsp3) is 0.550. The summed E-state index contributed by atoms with van der Waals surface area (Å²) in [6.07, 6.45) is 6.66. The Bertz CT molecular complexity index is 635. The molecular weight excluding hydrogens is 344 g/mol. The summed E-state index contributed by atoms with van der Waals surface area (Å²) in [6.45, 7) is 4.94. The Kier molecular flexibility index (Phi) is 6.17. The van der Waals surface area contributed by atoms with Gasteiger partial charge in [-0.15, -0.1) is 11.3 Å². The zero-order valence-electron chi connectivity index (χ0n) is 15.2. The highest BCUT2D eigenvalue weighted by Crippen LogP contribution is 2.23. The Morgan fingerprint density at radius 3 is 2.35 bits per heavy atom. The zero-order valence-corrected chi connectivity index (χ0v) is 16.0. The first-order chi connectivity index (χ1) is 12.9. The van der Waals surface area contributed by atoms with E-state index in [0.717, 1.165) is 26.2 Å². The molecule has 5 nitrogen and oxygen atoms in total. The third-order valence-electron chi connectivity index (χ3n) is 5.37. The van der Waals surface area contributed by atoms with Gasteiger partial charge in [0.15, 0.2) is 5.13 Å². The van der Waals surface area contributed by atoms with Gasteiger partial charge in [-0.25, -0.2) is 4.98 Å². The number of hydroxylamine groups is 2. The zero-order chi connectivity index (χ0) is 17.6. The van der Waals surface area contributed by atoms with Gasteiger partial charge in [-0.1, -0.05) is 30.3 Å². The van der Waals surface area contributed by atoms with Gasteiger partial charge in [-0.05, 0) is 31.2 Å². The molecule has 4 rings (SSSR count). The molecular formula is C20H28N4OS. The van der Waals surface area contributed by atoms with Crippen LogP contribution in [0.2, 0.25) is 0 Å². The largest absolute Gasteiger partial charge is 0.348 e.